The molecule has 1 aromatic rings. The molecule has 0 radical (unpaired) electrons. The molecule has 0 N–H and O–H groups in total. The molecule has 5 heteroatoms. The van der Waals surface area contributed by atoms with Crippen molar-refractivity contribution in [2.75, 3.05) is 18.8 Å². The molecule has 4 nitrogen and oxygen atoms in total. The van der Waals surface area contributed by atoms with Crippen molar-refractivity contribution in [3.63, 3.8) is 0 Å². The fourth-order valence-corrected chi connectivity index (χ4v) is 5.25. The lowest BCUT2D eigenvalue weighted by Crippen LogP contribution is -2.43. The van der Waals surface area contributed by atoms with Crippen molar-refractivity contribution in [3.8, 4) is 0 Å². The van der Waals surface area contributed by atoms with Gasteiger partial charge < -0.3 is 4.90 Å². The van der Waals surface area contributed by atoms with Gasteiger partial charge in [-0.2, -0.15) is 0 Å². The van der Waals surface area contributed by atoms with E-state index in [2.05, 4.69) is 0 Å². The molecule has 1 heterocycles. The number of piperidine rings is 1. The predicted octanol–water partition coefficient (Wildman–Crippen LogP) is 2.68. The Morgan fingerprint density at radius 1 is 1.17 bits per heavy atom. The van der Waals surface area contributed by atoms with E-state index < -0.39 is 9.84 Å². The molecular weight excluding hydrogens is 310 g/mol. The molecule has 1 aliphatic heterocycles. The molecule has 0 unspecified atom stereocenters. The van der Waals surface area contributed by atoms with E-state index in [1.54, 1.807) is 0 Å². The first-order chi connectivity index (χ1) is 10.9. The number of hydrogen-bond acceptors (Lipinski definition) is 3. The number of carbonyl (C=O) groups excluding carboxylic acids is 1. The molecule has 0 spiro atoms. The normalized spacial score (nSPS) is 16.7. The Morgan fingerprint density at radius 2 is 1.78 bits per heavy atom. The van der Waals surface area contributed by atoms with Gasteiger partial charge in [0.15, 0.2) is 9.84 Å². The Bertz CT molecular complexity index is 602. The van der Waals surface area contributed by atoms with E-state index in [9.17, 15) is 13.2 Å². The van der Waals surface area contributed by atoms with Gasteiger partial charge in [0.05, 0.1) is 11.0 Å². The van der Waals surface area contributed by atoms with Crippen LogP contribution < -0.4 is 0 Å². The number of rotatable bonds is 6. The van der Waals surface area contributed by atoms with Crippen molar-refractivity contribution in [2.45, 2.75) is 44.8 Å². The highest BCUT2D eigenvalue weighted by atomic mass is 32.2. The zero-order chi connectivity index (χ0) is 16.9. The highest BCUT2D eigenvalue weighted by Gasteiger charge is 2.31. The highest BCUT2D eigenvalue weighted by molar-refractivity contribution is 7.92. The summed E-state index contributed by atoms with van der Waals surface area (Å²) in [6.45, 7) is 4.99. The maximum Gasteiger partial charge on any atom is 0.222 e. The second-order valence-corrected chi connectivity index (χ2v) is 9.11. The third kappa shape index (κ3) is 5.34. The van der Waals surface area contributed by atoms with E-state index >= 15 is 0 Å². The fourth-order valence-electron chi connectivity index (χ4n) is 3.12. The van der Waals surface area contributed by atoms with Crippen molar-refractivity contribution in [3.05, 3.63) is 35.9 Å². The van der Waals surface area contributed by atoms with Gasteiger partial charge >= 0.3 is 0 Å². The number of nitrogens with zero attached hydrogens (tertiary/aromatic N) is 1. The van der Waals surface area contributed by atoms with Crippen LogP contribution in [0.3, 0.4) is 0 Å². The highest BCUT2D eigenvalue weighted by Crippen LogP contribution is 2.21. The first-order valence-corrected chi connectivity index (χ1v) is 10.1. The zero-order valence-electron chi connectivity index (χ0n) is 14.1. The van der Waals surface area contributed by atoms with Gasteiger partial charge in [-0.05, 0) is 30.7 Å². The van der Waals surface area contributed by atoms with Gasteiger partial charge in [-0.1, -0.05) is 44.2 Å². The van der Waals surface area contributed by atoms with Crippen LogP contribution in [0, 0.1) is 5.92 Å². The second kappa shape index (κ2) is 7.95. The smallest absolute Gasteiger partial charge is 0.222 e. The van der Waals surface area contributed by atoms with E-state index in [1.807, 2.05) is 49.1 Å². The minimum atomic E-state index is -3.02. The SMILES string of the molecule is CC(C)CS(=O)(=O)C1CCN(C(=O)CCc2ccccc2)CC1. The summed E-state index contributed by atoms with van der Waals surface area (Å²) in [6, 6.07) is 9.97. The number of hydrogen-bond donors (Lipinski definition) is 0. The Labute approximate surface area is 139 Å². The Hall–Kier alpha value is -1.36. The number of benzene rings is 1. The van der Waals surface area contributed by atoms with Crippen LogP contribution in [-0.4, -0.2) is 43.3 Å². The number of likely N-dealkylation sites (tertiary alicyclic amines) is 1. The fraction of sp³-hybridized carbons (Fsp3) is 0.611. The predicted molar refractivity (Wildman–Crippen MR) is 93.0 cm³/mol. The molecule has 1 fully saturated rings. The van der Waals surface area contributed by atoms with Crippen LogP contribution >= 0.6 is 0 Å². The monoisotopic (exact) mass is 337 g/mol. The number of sulfone groups is 1. The average molecular weight is 337 g/mol. The van der Waals surface area contributed by atoms with Gasteiger partial charge in [0.2, 0.25) is 5.91 Å². The summed E-state index contributed by atoms with van der Waals surface area (Å²) in [5.41, 5.74) is 1.16. The Balaban J connectivity index is 1.81. The maximum absolute atomic E-state index is 12.3. The number of carbonyl (C=O) groups is 1. The van der Waals surface area contributed by atoms with Crippen molar-refractivity contribution < 1.29 is 13.2 Å². The molecule has 0 bridgehead atoms. The lowest BCUT2D eigenvalue weighted by atomic mass is 10.1. The van der Waals surface area contributed by atoms with Gasteiger partial charge in [-0.15, -0.1) is 0 Å². The van der Waals surface area contributed by atoms with Crippen LogP contribution in [0.5, 0.6) is 0 Å². The molecule has 0 aliphatic carbocycles. The van der Waals surface area contributed by atoms with Gasteiger partial charge in [0, 0.05) is 19.5 Å². The molecule has 23 heavy (non-hydrogen) atoms. The summed E-state index contributed by atoms with van der Waals surface area (Å²) in [5.74, 6) is 0.540. The molecule has 128 valence electrons. The van der Waals surface area contributed by atoms with E-state index in [1.165, 1.54) is 0 Å². The molecule has 0 aromatic heterocycles. The van der Waals surface area contributed by atoms with Crippen molar-refractivity contribution in [1.82, 2.24) is 4.90 Å². The molecule has 1 aromatic carbocycles. The quantitative estimate of drug-likeness (QED) is 0.802. The summed E-state index contributed by atoms with van der Waals surface area (Å²) in [5, 5.41) is -0.275. The minimum Gasteiger partial charge on any atom is -0.343 e. The summed E-state index contributed by atoms with van der Waals surface area (Å²) in [6.07, 6.45) is 2.39. The van der Waals surface area contributed by atoms with Gasteiger partial charge in [0.1, 0.15) is 0 Å². The van der Waals surface area contributed by atoms with Crippen LogP contribution in [0.25, 0.3) is 0 Å². The van der Waals surface area contributed by atoms with E-state index in [-0.39, 0.29) is 22.8 Å². The standard InChI is InChI=1S/C18H27NO3S/c1-15(2)14-23(21,22)17-10-12-19(13-11-17)18(20)9-8-16-6-4-3-5-7-16/h3-7,15,17H,8-14H2,1-2H3. The minimum absolute atomic E-state index is 0.133. The van der Waals surface area contributed by atoms with E-state index in [0.717, 1.165) is 12.0 Å². The van der Waals surface area contributed by atoms with Gasteiger partial charge in [0.25, 0.3) is 0 Å². The maximum atomic E-state index is 12.3. The molecule has 1 aliphatic rings. The Morgan fingerprint density at radius 3 is 2.35 bits per heavy atom. The van der Waals surface area contributed by atoms with Crippen molar-refractivity contribution in [2.24, 2.45) is 5.92 Å². The topological polar surface area (TPSA) is 54.5 Å². The van der Waals surface area contributed by atoms with Crippen LogP contribution in [0.4, 0.5) is 0 Å². The van der Waals surface area contributed by atoms with E-state index in [0.29, 0.717) is 32.4 Å². The van der Waals surface area contributed by atoms with Gasteiger partial charge in [-0.3, -0.25) is 4.79 Å². The summed E-state index contributed by atoms with van der Waals surface area (Å²) >= 11 is 0. The molecule has 0 saturated carbocycles. The zero-order valence-corrected chi connectivity index (χ0v) is 14.9. The molecule has 0 atom stereocenters. The van der Waals surface area contributed by atoms with Crippen LogP contribution in [0.15, 0.2) is 30.3 Å². The number of aryl methyl sites for hydroxylation is 1. The summed E-state index contributed by atoms with van der Waals surface area (Å²) < 4.78 is 24.6. The molecule has 2 rings (SSSR count). The first-order valence-electron chi connectivity index (χ1n) is 8.42. The average Bonchev–Trinajstić information content (AvgIpc) is 2.52. The number of amides is 1. The van der Waals surface area contributed by atoms with Crippen molar-refractivity contribution in [1.29, 1.82) is 0 Å². The van der Waals surface area contributed by atoms with Gasteiger partial charge in [-0.25, -0.2) is 8.42 Å². The second-order valence-electron chi connectivity index (χ2n) is 6.79. The molecular formula is C18H27NO3S. The van der Waals surface area contributed by atoms with Crippen LogP contribution in [0.2, 0.25) is 0 Å². The molecule has 1 saturated heterocycles. The first kappa shape index (κ1) is 18.0. The lowest BCUT2D eigenvalue weighted by molar-refractivity contribution is -0.132. The van der Waals surface area contributed by atoms with Crippen molar-refractivity contribution >= 4 is 15.7 Å². The summed E-state index contributed by atoms with van der Waals surface area (Å²) in [7, 11) is -3.02. The van der Waals surface area contributed by atoms with E-state index in [4.69, 9.17) is 0 Å². The van der Waals surface area contributed by atoms with Crippen LogP contribution in [-0.2, 0) is 21.1 Å². The lowest BCUT2D eigenvalue weighted by Gasteiger charge is -2.32. The third-order valence-corrected chi connectivity index (χ3v) is 6.96. The largest absolute Gasteiger partial charge is 0.343 e. The molecule has 1 amide bonds. The van der Waals surface area contributed by atoms with Crippen LogP contribution in [0.1, 0.15) is 38.7 Å². The summed E-state index contributed by atoms with van der Waals surface area (Å²) in [4.78, 5) is 14.1. The third-order valence-electron chi connectivity index (χ3n) is 4.34. The Kier molecular flexibility index (Phi) is 6.22.